The summed E-state index contributed by atoms with van der Waals surface area (Å²) in [6.45, 7) is 2.03. The fourth-order valence-electron chi connectivity index (χ4n) is 4.20. The third-order valence-corrected chi connectivity index (χ3v) is 7.12. The Hall–Kier alpha value is -1.78. The number of phosphoric ester groups is 1. The molecule has 2 saturated heterocycles. The van der Waals surface area contributed by atoms with Gasteiger partial charge < -0.3 is 10.5 Å². The number of rotatable bonds is 3. The van der Waals surface area contributed by atoms with Crippen molar-refractivity contribution in [2.75, 3.05) is 12.3 Å². The highest BCUT2D eigenvalue weighted by atomic mass is 31.2. The molecule has 0 aromatic carbocycles. The van der Waals surface area contributed by atoms with Gasteiger partial charge in [-0.25, -0.2) is 9.55 Å². The second-order valence-electron chi connectivity index (χ2n) is 7.52. The Morgan fingerprint density at radius 2 is 2.18 bits per heavy atom. The molecule has 152 valence electrons. The molecule has 28 heavy (non-hydrogen) atoms. The summed E-state index contributed by atoms with van der Waals surface area (Å²) >= 11 is 0. The van der Waals surface area contributed by atoms with Gasteiger partial charge >= 0.3 is 7.82 Å². The Kier molecular flexibility index (Phi) is 4.33. The molecule has 1 aliphatic carbocycles. The van der Waals surface area contributed by atoms with Crippen molar-refractivity contribution < 1.29 is 22.9 Å². The van der Waals surface area contributed by atoms with E-state index in [1.165, 1.54) is 6.33 Å². The van der Waals surface area contributed by atoms with Crippen molar-refractivity contribution in [1.29, 1.82) is 0 Å². The zero-order valence-corrected chi connectivity index (χ0v) is 16.2. The van der Waals surface area contributed by atoms with Crippen molar-refractivity contribution in [2.45, 2.75) is 57.1 Å². The summed E-state index contributed by atoms with van der Waals surface area (Å²) in [5, 5.41) is 0. The van der Waals surface area contributed by atoms with Crippen LogP contribution in [0.3, 0.4) is 0 Å². The summed E-state index contributed by atoms with van der Waals surface area (Å²) in [6.07, 6.45) is 3.84. The number of nitrogen functional groups attached to an aromatic ring is 1. The summed E-state index contributed by atoms with van der Waals surface area (Å²) in [4.78, 5) is 22.7. The van der Waals surface area contributed by atoms with Crippen LogP contribution < -0.4 is 11.3 Å². The normalized spacial score (nSPS) is 36.2. The number of aromatic amines is 1. The molecule has 2 aromatic heterocycles. The number of hydrogen-bond acceptors (Lipinski definition) is 9. The van der Waals surface area contributed by atoms with E-state index in [2.05, 4.69) is 15.0 Å². The lowest BCUT2D eigenvalue weighted by atomic mass is 10.0. The van der Waals surface area contributed by atoms with Crippen LogP contribution in [0.2, 0.25) is 0 Å². The van der Waals surface area contributed by atoms with Crippen LogP contribution in [0.5, 0.6) is 0 Å². The molecular weight excluding hydrogens is 389 g/mol. The summed E-state index contributed by atoms with van der Waals surface area (Å²) < 4.78 is 37.6. The van der Waals surface area contributed by atoms with E-state index < -0.39 is 31.8 Å². The lowest BCUT2D eigenvalue weighted by Gasteiger charge is -2.32. The van der Waals surface area contributed by atoms with Crippen LogP contribution in [0.25, 0.3) is 11.2 Å². The van der Waals surface area contributed by atoms with Crippen LogP contribution in [-0.4, -0.2) is 44.4 Å². The fraction of sp³-hybridized carbons (Fsp3) is 0.688. The van der Waals surface area contributed by atoms with Gasteiger partial charge in [-0.3, -0.25) is 27.9 Å². The third kappa shape index (κ3) is 2.98. The minimum atomic E-state index is -3.63. The minimum absolute atomic E-state index is 0.00337. The molecule has 3 aliphatic rings. The average molecular weight is 411 g/mol. The number of anilines is 1. The van der Waals surface area contributed by atoms with Crippen molar-refractivity contribution in [1.82, 2.24) is 19.5 Å². The van der Waals surface area contributed by atoms with Gasteiger partial charge in [0.05, 0.1) is 19.0 Å². The van der Waals surface area contributed by atoms with E-state index >= 15 is 0 Å². The van der Waals surface area contributed by atoms with Crippen LogP contribution in [0.1, 0.15) is 38.8 Å². The van der Waals surface area contributed by atoms with Gasteiger partial charge in [-0.1, -0.05) is 19.8 Å². The highest BCUT2D eigenvalue weighted by Crippen LogP contribution is 2.59. The lowest BCUT2D eigenvalue weighted by Crippen LogP contribution is -2.36. The number of ether oxygens (including phenoxy) is 1. The smallest absolute Gasteiger partial charge is 0.369 e. The Labute approximate surface area is 160 Å². The number of phosphoric acid groups is 1. The van der Waals surface area contributed by atoms with Gasteiger partial charge in [-0.05, 0) is 12.8 Å². The molecule has 0 spiro atoms. The Bertz CT molecular complexity index is 1000. The Morgan fingerprint density at radius 3 is 2.96 bits per heavy atom. The van der Waals surface area contributed by atoms with Crippen LogP contribution in [0.15, 0.2) is 11.1 Å². The monoisotopic (exact) mass is 411 g/mol. The number of fused-ring (bicyclic) bond motifs is 2. The molecule has 11 nitrogen and oxygen atoms in total. The molecule has 1 saturated carbocycles. The molecule has 12 heteroatoms. The van der Waals surface area contributed by atoms with Crippen molar-refractivity contribution in [3.05, 3.63) is 16.7 Å². The first-order valence-corrected chi connectivity index (χ1v) is 10.9. The van der Waals surface area contributed by atoms with Crippen molar-refractivity contribution in [2.24, 2.45) is 5.92 Å². The lowest BCUT2D eigenvalue weighted by molar-refractivity contribution is -0.0745. The third-order valence-electron chi connectivity index (χ3n) is 5.60. The van der Waals surface area contributed by atoms with Crippen LogP contribution in [-0.2, 0) is 22.9 Å². The van der Waals surface area contributed by atoms with Gasteiger partial charge in [0.1, 0.15) is 18.4 Å². The van der Waals surface area contributed by atoms with E-state index in [1.807, 2.05) is 6.92 Å². The number of nitrogens with zero attached hydrogens (tertiary/aromatic N) is 3. The predicted molar refractivity (Wildman–Crippen MR) is 97.4 cm³/mol. The van der Waals surface area contributed by atoms with E-state index in [1.54, 1.807) is 4.57 Å². The number of imidazole rings is 1. The molecule has 0 radical (unpaired) electrons. The van der Waals surface area contributed by atoms with Crippen molar-refractivity contribution in [3.63, 3.8) is 0 Å². The molecular formula is C16H22N5O6P. The number of aromatic nitrogens is 4. The quantitative estimate of drug-likeness (QED) is 0.721. The molecule has 0 amide bonds. The van der Waals surface area contributed by atoms with Gasteiger partial charge in [0.15, 0.2) is 11.2 Å². The molecule has 5 rings (SSSR count). The summed E-state index contributed by atoms with van der Waals surface area (Å²) in [5.74, 6) is -0.203. The fourth-order valence-corrected chi connectivity index (χ4v) is 5.91. The van der Waals surface area contributed by atoms with Gasteiger partial charge in [0, 0.05) is 5.92 Å². The minimum Gasteiger partial charge on any atom is -0.369 e. The van der Waals surface area contributed by atoms with E-state index in [9.17, 15) is 9.36 Å². The standard InChI is InChI=1S/C16H22N5O6P/c1-8-12-10(6-24-28(23,27-12)26-9-4-2-3-5-9)25-15(8)21-7-18-11-13(21)19-16(17)20-14(11)22/h7-10,12,15H,2-6H2,1H3,(H3,17,19,20,22). The Balaban J connectivity index is 1.40. The zero-order valence-electron chi connectivity index (χ0n) is 15.3. The van der Waals surface area contributed by atoms with E-state index in [0.717, 1.165) is 25.7 Å². The Morgan fingerprint density at radius 1 is 1.39 bits per heavy atom. The predicted octanol–water partition coefficient (Wildman–Crippen LogP) is 1.72. The summed E-state index contributed by atoms with van der Waals surface area (Å²) in [5.41, 5.74) is 5.75. The number of nitrogens with one attached hydrogen (secondary N) is 1. The largest absolute Gasteiger partial charge is 0.475 e. The van der Waals surface area contributed by atoms with Crippen molar-refractivity contribution >= 4 is 24.9 Å². The molecule has 2 aromatic rings. The second-order valence-corrected chi connectivity index (χ2v) is 9.10. The summed E-state index contributed by atoms with van der Waals surface area (Å²) in [6, 6.07) is 0. The molecule has 5 atom stereocenters. The maximum Gasteiger partial charge on any atom is 0.475 e. The molecule has 0 bridgehead atoms. The van der Waals surface area contributed by atoms with E-state index in [0.29, 0.717) is 5.65 Å². The first-order chi connectivity index (χ1) is 13.4. The molecule has 3 N–H and O–H groups in total. The molecule has 5 unspecified atom stereocenters. The molecule has 3 fully saturated rings. The second kappa shape index (κ2) is 6.64. The number of hydrogen-bond donors (Lipinski definition) is 2. The first kappa shape index (κ1) is 18.3. The van der Waals surface area contributed by atoms with Crippen LogP contribution in [0.4, 0.5) is 5.95 Å². The van der Waals surface area contributed by atoms with E-state index in [4.69, 9.17) is 24.0 Å². The maximum atomic E-state index is 13.0. The zero-order chi connectivity index (χ0) is 19.5. The van der Waals surface area contributed by atoms with Gasteiger partial charge in [0.2, 0.25) is 5.95 Å². The number of H-pyrrole nitrogens is 1. The van der Waals surface area contributed by atoms with E-state index in [-0.39, 0.29) is 30.1 Å². The topological polar surface area (TPSA) is 144 Å². The highest BCUT2D eigenvalue weighted by Gasteiger charge is 2.52. The number of nitrogens with two attached hydrogens (primary N) is 1. The van der Waals surface area contributed by atoms with Gasteiger partial charge in [-0.2, -0.15) is 4.98 Å². The van der Waals surface area contributed by atoms with Gasteiger partial charge in [0.25, 0.3) is 5.56 Å². The van der Waals surface area contributed by atoms with Gasteiger partial charge in [-0.15, -0.1) is 0 Å². The molecule has 4 heterocycles. The van der Waals surface area contributed by atoms with Crippen LogP contribution in [0, 0.1) is 5.92 Å². The highest BCUT2D eigenvalue weighted by molar-refractivity contribution is 7.48. The average Bonchev–Trinajstić information content (AvgIpc) is 3.35. The van der Waals surface area contributed by atoms with Crippen LogP contribution >= 0.6 is 7.82 Å². The SMILES string of the molecule is CC1C2OP(=O)(OC3CCCC3)OCC2OC1n1cnc2c(=O)[nH]c(N)nc21. The maximum absolute atomic E-state index is 13.0. The summed E-state index contributed by atoms with van der Waals surface area (Å²) in [7, 11) is -3.63. The van der Waals surface area contributed by atoms with Crippen molar-refractivity contribution in [3.8, 4) is 0 Å². The molecule has 2 aliphatic heterocycles. The first-order valence-electron chi connectivity index (χ1n) is 9.43.